The lowest BCUT2D eigenvalue weighted by Crippen LogP contribution is -2.59. The summed E-state index contributed by atoms with van der Waals surface area (Å²) < 4.78 is 12.2. The van der Waals surface area contributed by atoms with Gasteiger partial charge in [-0.25, -0.2) is 0 Å². The summed E-state index contributed by atoms with van der Waals surface area (Å²) in [6.45, 7) is 1.20. The smallest absolute Gasteiger partial charge is 0.161 e. The van der Waals surface area contributed by atoms with E-state index >= 15 is 0 Å². The number of hydrogen-bond donors (Lipinski definition) is 0. The molecule has 3 aliphatic carbocycles. The molecule has 0 saturated carbocycles. The first kappa shape index (κ1) is 12.3. The fourth-order valence-electron chi connectivity index (χ4n) is 5.70. The zero-order valence-corrected chi connectivity index (χ0v) is 12.9. The SMILES string of the molecule is COC1=C2O[C@H]3CC=C[C@H]4[C@H]5CC(=C2[C@@]34CCN5C)CC1. The molecule has 0 aromatic rings. The number of nitrogens with zero attached hydrogens (tertiary/aromatic N) is 1. The Balaban J connectivity index is 1.77. The molecule has 2 bridgehead atoms. The topological polar surface area (TPSA) is 21.7 Å². The maximum atomic E-state index is 6.49. The second kappa shape index (κ2) is 3.95. The highest BCUT2D eigenvalue weighted by molar-refractivity contribution is 5.52. The lowest BCUT2D eigenvalue weighted by molar-refractivity contribution is -0.0341. The van der Waals surface area contributed by atoms with Crippen molar-refractivity contribution >= 4 is 0 Å². The molecule has 2 aliphatic heterocycles. The lowest BCUT2D eigenvalue weighted by Gasteiger charge is -2.56. The predicted octanol–water partition coefficient (Wildman–Crippen LogP) is 3.00. The van der Waals surface area contributed by atoms with Crippen molar-refractivity contribution in [2.45, 2.75) is 44.2 Å². The van der Waals surface area contributed by atoms with Crippen LogP contribution in [0.25, 0.3) is 0 Å². The van der Waals surface area contributed by atoms with Gasteiger partial charge in [0, 0.05) is 35.8 Å². The molecule has 3 heteroatoms. The third-order valence-corrected chi connectivity index (χ3v) is 6.64. The highest BCUT2D eigenvalue weighted by Gasteiger charge is 2.63. The first-order valence-electron chi connectivity index (χ1n) is 8.29. The summed E-state index contributed by atoms with van der Waals surface area (Å²) in [5.74, 6) is 2.84. The molecule has 2 heterocycles. The second-order valence-electron chi connectivity index (χ2n) is 7.27. The van der Waals surface area contributed by atoms with E-state index in [0.29, 0.717) is 18.1 Å². The predicted molar refractivity (Wildman–Crippen MR) is 80.5 cm³/mol. The Morgan fingerprint density at radius 1 is 1.38 bits per heavy atom. The third kappa shape index (κ3) is 1.30. The van der Waals surface area contributed by atoms with Gasteiger partial charge in [-0.15, -0.1) is 0 Å². The quantitative estimate of drug-likeness (QED) is 0.691. The van der Waals surface area contributed by atoms with Gasteiger partial charge < -0.3 is 14.4 Å². The van der Waals surface area contributed by atoms with Gasteiger partial charge in [0.1, 0.15) is 11.9 Å². The van der Waals surface area contributed by atoms with Crippen LogP contribution in [0.4, 0.5) is 0 Å². The van der Waals surface area contributed by atoms with E-state index in [1.807, 2.05) is 0 Å². The maximum absolute atomic E-state index is 6.49. The first-order chi connectivity index (χ1) is 10.3. The molecule has 0 unspecified atom stereocenters. The average Bonchev–Trinajstić information content (AvgIpc) is 2.84. The maximum Gasteiger partial charge on any atom is 0.161 e. The van der Waals surface area contributed by atoms with E-state index in [-0.39, 0.29) is 5.41 Å². The molecular weight excluding hydrogens is 262 g/mol. The van der Waals surface area contributed by atoms with Crippen LogP contribution in [0.2, 0.25) is 0 Å². The highest BCUT2D eigenvalue weighted by Crippen LogP contribution is 2.65. The van der Waals surface area contributed by atoms with Crippen molar-refractivity contribution in [3.63, 3.8) is 0 Å². The fourth-order valence-corrected chi connectivity index (χ4v) is 5.70. The number of piperidine rings is 1. The number of likely N-dealkylation sites (tertiary alicyclic amines) is 1. The monoisotopic (exact) mass is 285 g/mol. The number of methoxy groups -OCH3 is 1. The van der Waals surface area contributed by atoms with Gasteiger partial charge in [0.25, 0.3) is 0 Å². The van der Waals surface area contributed by atoms with Crippen LogP contribution in [-0.2, 0) is 9.47 Å². The first-order valence-corrected chi connectivity index (χ1v) is 8.29. The summed E-state index contributed by atoms with van der Waals surface area (Å²) in [5, 5.41) is 0. The van der Waals surface area contributed by atoms with Crippen LogP contribution in [-0.4, -0.2) is 37.7 Å². The van der Waals surface area contributed by atoms with Crippen LogP contribution in [0, 0.1) is 11.3 Å². The van der Waals surface area contributed by atoms with Crippen LogP contribution in [0.5, 0.6) is 0 Å². The van der Waals surface area contributed by atoms with Crippen LogP contribution in [0.1, 0.15) is 32.1 Å². The molecule has 0 aromatic carbocycles. The van der Waals surface area contributed by atoms with Crippen molar-refractivity contribution in [3.8, 4) is 0 Å². The van der Waals surface area contributed by atoms with Crippen molar-refractivity contribution < 1.29 is 9.47 Å². The minimum atomic E-state index is 0.249. The number of rotatable bonds is 1. The zero-order valence-electron chi connectivity index (χ0n) is 12.9. The van der Waals surface area contributed by atoms with Gasteiger partial charge in [0.05, 0.1) is 7.11 Å². The van der Waals surface area contributed by atoms with Crippen molar-refractivity contribution in [2.24, 2.45) is 11.3 Å². The Bertz CT molecular complexity index is 602. The van der Waals surface area contributed by atoms with E-state index in [9.17, 15) is 0 Å². The van der Waals surface area contributed by atoms with E-state index in [0.717, 1.165) is 24.4 Å². The van der Waals surface area contributed by atoms with Crippen LogP contribution < -0.4 is 0 Å². The van der Waals surface area contributed by atoms with Crippen LogP contribution >= 0.6 is 0 Å². The van der Waals surface area contributed by atoms with E-state index in [4.69, 9.17) is 9.47 Å². The van der Waals surface area contributed by atoms with Gasteiger partial charge in [-0.3, -0.25) is 0 Å². The van der Waals surface area contributed by atoms with Crippen molar-refractivity contribution in [1.82, 2.24) is 4.90 Å². The van der Waals surface area contributed by atoms with Gasteiger partial charge >= 0.3 is 0 Å². The molecule has 21 heavy (non-hydrogen) atoms. The van der Waals surface area contributed by atoms with Gasteiger partial charge in [0.2, 0.25) is 0 Å². The van der Waals surface area contributed by atoms with Gasteiger partial charge in [-0.2, -0.15) is 0 Å². The van der Waals surface area contributed by atoms with E-state index in [1.165, 1.54) is 25.8 Å². The average molecular weight is 285 g/mol. The molecule has 0 aromatic heterocycles. The summed E-state index contributed by atoms with van der Waals surface area (Å²) in [6.07, 6.45) is 10.9. The standard InChI is InChI=1S/C18H23NO2/c1-19-9-8-18-12-4-3-5-15(18)21-17-14(20-2)7-6-11(16(17)18)10-13(12)19/h3-4,12-13,15H,5-10H2,1-2H3/t12-,13+,15-,18+/m0/s1. The molecule has 1 spiro atoms. The van der Waals surface area contributed by atoms with E-state index in [1.54, 1.807) is 18.3 Å². The Hall–Kier alpha value is -1.22. The summed E-state index contributed by atoms with van der Waals surface area (Å²) >= 11 is 0. The van der Waals surface area contributed by atoms with Crippen LogP contribution in [0.3, 0.4) is 0 Å². The number of hydrogen-bond acceptors (Lipinski definition) is 3. The van der Waals surface area contributed by atoms with Gasteiger partial charge in [-0.1, -0.05) is 17.7 Å². The van der Waals surface area contributed by atoms with Gasteiger partial charge in [0.15, 0.2) is 5.76 Å². The number of ether oxygens (including phenoxy) is 2. The van der Waals surface area contributed by atoms with Gasteiger partial charge in [-0.05, 0) is 32.9 Å². The third-order valence-electron chi connectivity index (χ3n) is 6.64. The van der Waals surface area contributed by atoms with Crippen LogP contribution in [0.15, 0.2) is 34.8 Å². The van der Waals surface area contributed by atoms with Crippen molar-refractivity contribution in [2.75, 3.05) is 20.7 Å². The molecule has 3 nitrogen and oxygen atoms in total. The molecule has 4 atom stereocenters. The molecule has 5 aliphatic rings. The summed E-state index contributed by atoms with van der Waals surface area (Å²) in [7, 11) is 4.10. The number of allylic oxidation sites excluding steroid dienone is 2. The minimum Gasteiger partial charge on any atom is -0.497 e. The molecule has 2 saturated heterocycles. The Labute approximate surface area is 126 Å². The van der Waals surface area contributed by atoms with E-state index in [2.05, 4.69) is 24.1 Å². The molecule has 0 amide bonds. The molecule has 2 fully saturated rings. The molecule has 112 valence electrons. The normalized spacial score (nSPS) is 43.8. The van der Waals surface area contributed by atoms with Crippen molar-refractivity contribution in [1.29, 1.82) is 0 Å². The fraction of sp³-hybridized carbons (Fsp3) is 0.667. The molecule has 0 radical (unpaired) electrons. The summed E-state index contributed by atoms with van der Waals surface area (Å²) in [4.78, 5) is 2.58. The summed E-state index contributed by atoms with van der Waals surface area (Å²) in [5.41, 5.74) is 3.48. The lowest BCUT2D eigenvalue weighted by atomic mass is 9.53. The van der Waals surface area contributed by atoms with Crippen molar-refractivity contribution in [3.05, 3.63) is 34.8 Å². The molecule has 5 rings (SSSR count). The highest BCUT2D eigenvalue weighted by atomic mass is 16.5. The minimum absolute atomic E-state index is 0.249. The molecular formula is C18H23NO2. The summed E-state index contributed by atoms with van der Waals surface area (Å²) in [6, 6.07) is 0.670. The Kier molecular flexibility index (Phi) is 2.32. The largest absolute Gasteiger partial charge is 0.497 e. The second-order valence-corrected chi connectivity index (χ2v) is 7.27. The zero-order chi connectivity index (χ0) is 14.2. The molecule has 0 N–H and O–H groups in total. The van der Waals surface area contributed by atoms with E-state index < -0.39 is 0 Å². The Morgan fingerprint density at radius 3 is 3.14 bits per heavy atom. The Morgan fingerprint density at radius 2 is 2.29 bits per heavy atom.